The van der Waals surface area contributed by atoms with Gasteiger partial charge in [0.05, 0.1) is 0 Å². The first kappa shape index (κ1) is 12.9. The molecule has 0 aliphatic carbocycles. The summed E-state index contributed by atoms with van der Waals surface area (Å²) < 4.78 is 0. The number of unbranched alkanes of at least 4 members (excludes halogenated alkanes) is 3. The third-order valence-electron chi connectivity index (χ3n) is 1.77. The molecule has 0 amide bonds. The molecule has 4 N–H and O–H groups in total. The van der Waals surface area contributed by atoms with Gasteiger partial charge >= 0.3 is 11.9 Å². The Balaban J connectivity index is 3.14. The molecule has 6 heteroatoms. The van der Waals surface area contributed by atoms with Gasteiger partial charge in [-0.15, -0.1) is 0 Å². The summed E-state index contributed by atoms with van der Waals surface area (Å²) in [5.74, 6) is 8.47. The lowest BCUT2D eigenvalue weighted by atomic mass is 10.1. The van der Waals surface area contributed by atoms with Gasteiger partial charge in [0.1, 0.15) is 0 Å². The molecule has 82 valence electrons. The Kier molecular flexibility index (Phi) is 7.77. The summed E-state index contributed by atoms with van der Waals surface area (Å²) in [4.78, 5) is 29.1. The second kappa shape index (κ2) is 8.46. The average molecular weight is 204 g/mol. The van der Waals surface area contributed by atoms with Gasteiger partial charge in [-0.25, -0.2) is 0 Å². The van der Waals surface area contributed by atoms with Crippen LogP contribution in [-0.4, -0.2) is 11.9 Å². The highest BCUT2D eigenvalue weighted by atomic mass is 16.7. The molecule has 6 nitrogen and oxygen atoms in total. The maximum absolute atomic E-state index is 10.6. The van der Waals surface area contributed by atoms with Crippen LogP contribution in [0.3, 0.4) is 0 Å². The summed E-state index contributed by atoms with van der Waals surface area (Å²) in [6, 6.07) is 0. The molecule has 0 atom stereocenters. The topological polar surface area (TPSA) is 105 Å². The Morgan fingerprint density at radius 2 is 1.14 bits per heavy atom. The predicted molar refractivity (Wildman–Crippen MR) is 48.3 cm³/mol. The van der Waals surface area contributed by atoms with Crippen LogP contribution in [0, 0.1) is 0 Å². The summed E-state index contributed by atoms with van der Waals surface area (Å²) in [6.07, 6.45) is 3.77. The Morgan fingerprint density at radius 1 is 0.786 bits per heavy atom. The second-order valence-electron chi connectivity index (χ2n) is 2.89. The first-order valence-corrected chi connectivity index (χ1v) is 4.50. The first-order valence-electron chi connectivity index (χ1n) is 4.50. The van der Waals surface area contributed by atoms with Gasteiger partial charge in [0, 0.05) is 12.8 Å². The van der Waals surface area contributed by atoms with Crippen molar-refractivity contribution in [3.8, 4) is 0 Å². The van der Waals surface area contributed by atoms with E-state index in [0.717, 1.165) is 12.8 Å². The summed E-state index contributed by atoms with van der Waals surface area (Å²) in [5, 5.41) is 0. The Labute approximate surface area is 82.4 Å². The molecule has 0 spiro atoms. The highest BCUT2D eigenvalue weighted by Gasteiger charge is 2.02. The van der Waals surface area contributed by atoms with Crippen LogP contribution in [0.4, 0.5) is 0 Å². The maximum Gasteiger partial charge on any atom is 0.324 e. The minimum Gasteiger partial charge on any atom is -0.373 e. The quantitative estimate of drug-likeness (QED) is 0.452. The SMILES string of the molecule is NOC(=O)CCCCCCC(=O)ON. The molecule has 0 bridgehead atoms. The molecule has 0 aromatic heterocycles. The van der Waals surface area contributed by atoms with Crippen molar-refractivity contribution in [1.82, 2.24) is 0 Å². The van der Waals surface area contributed by atoms with Crippen molar-refractivity contribution in [2.24, 2.45) is 11.8 Å². The van der Waals surface area contributed by atoms with Crippen molar-refractivity contribution in [3.63, 3.8) is 0 Å². The Morgan fingerprint density at radius 3 is 1.43 bits per heavy atom. The molecule has 0 saturated heterocycles. The minimum absolute atomic E-state index is 0.317. The van der Waals surface area contributed by atoms with E-state index in [1.54, 1.807) is 0 Å². The van der Waals surface area contributed by atoms with Gasteiger partial charge in [-0.2, -0.15) is 11.8 Å². The number of carbonyl (C=O) groups is 2. The highest BCUT2D eigenvalue weighted by Crippen LogP contribution is 2.05. The normalized spacial score (nSPS) is 9.57. The fourth-order valence-corrected chi connectivity index (χ4v) is 1.01. The van der Waals surface area contributed by atoms with E-state index in [4.69, 9.17) is 0 Å². The van der Waals surface area contributed by atoms with E-state index in [1.165, 1.54) is 0 Å². The van der Waals surface area contributed by atoms with Crippen LogP contribution < -0.4 is 11.8 Å². The van der Waals surface area contributed by atoms with Crippen LogP contribution in [0.1, 0.15) is 38.5 Å². The van der Waals surface area contributed by atoms with E-state index in [0.29, 0.717) is 25.7 Å². The van der Waals surface area contributed by atoms with Crippen LogP contribution in [0.2, 0.25) is 0 Å². The molecule has 0 fully saturated rings. The minimum atomic E-state index is -0.411. The molecule has 14 heavy (non-hydrogen) atoms. The average Bonchev–Trinajstić information content (AvgIpc) is 2.22. The zero-order valence-corrected chi connectivity index (χ0v) is 8.03. The van der Waals surface area contributed by atoms with Gasteiger partial charge < -0.3 is 9.68 Å². The van der Waals surface area contributed by atoms with Crippen LogP contribution in [0.5, 0.6) is 0 Å². The van der Waals surface area contributed by atoms with Gasteiger partial charge in [0.2, 0.25) is 0 Å². The van der Waals surface area contributed by atoms with Crippen LogP contribution in [-0.2, 0) is 19.3 Å². The van der Waals surface area contributed by atoms with Crippen molar-refractivity contribution in [1.29, 1.82) is 0 Å². The predicted octanol–water partition coefficient (Wildman–Crippen LogP) is 0.161. The maximum atomic E-state index is 10.6. The third-order valence-corrected chi connectivity index (χ3v) is 1.77. The van der Waals surface area contributed by atoms with E-state index >= 15 is 0 Å². The van der Waals surface area contributed by atoms with Crippen molar-refractivity contribution in [2.45, 2.75) is 38.5 Å². The lowest BCUT2D eigenvalue weighted by Crippen LogP contribution is -2.09. The Bertz CT molecular complexity index is 164. The van der Waals surface area contributed by atoms with Crippen LogP contribution in [0.15, 0.2) is 0 Å². The first-order chi connectivity index (χ1) is 6.70. The molecule has 0 aliphatic rings. The van der Waals surface area contributed by atoms with E-state index < -0.39 is 11.9 Å². The highest BCUT2D eigenvalue weighted by molar-refractivity contribution is 5.69. The second-order valence-corrected chi connectivity index (χ2v) is 2.89. The largest absolute Gasteiger partial charge is 0.373 e. The summed E-state index contributed by atoms with van der Waals surface area (Å²) in [7, 11) is 0. The molecule has 0 aromatic carbocycles. The summed E-state index contributed by atoms with van der Waals surface area (Å²) in [5.41, 5.74) is 0. The fraction of sp³-hybridized carbons (Fsp3) is 0.750. The number of carbonyl (C=O) groups excluding carboxylic acids is 2. The van der Waals surface area contributed by atoms with E-state index in [-0.39, 0.29) is 0 Å². The summed E-state index contributed by atoms with van der Waals surface area (Å²) in [6.45, 7) is 0. The zero-order chi connectivity index (χ0) is 10.8. The number of hydrogen-bond acceptors (Lipinski definition) is 6. The number of rotatable bonds is 7. The van der Waals surface area contributed by atoms with Gasteiger partial charge in [0.15, 0.2) is 0 Å². The standard InChI is InChI=1S/C8H16N2O4/c9-13-7(11)5-3-1-2-4-6-8(12)14-10/h1-6,9-10H2. The van der Waals surface area contributed by atoms with Crippen molar-refractivity contribution in [2.75, 3.05) is 0 Å². The lowest BCUT2D eigenvalue weighted by molar-refractivity contribution is -0.145. The monoisotopic (exact) mass is 204 g/mol. The molecule has 0 saturated carbocycles. The van der Waals surface area contributed by atoms with Crippen molar-refractivity contribution >= 4 is 11.9 Å². The van der Waals surface area contributed by atoms with Gasteiger partial charge in [-0.1, -0.05) is 12.8 Å². The molecule has 0 rings (SSSR count). The van der Waals surface area contributed by atoms with Crippen molar-refractivity contribution < 1.29 is 19.3 Å². The van der Waals surface area contributed by atoms with Crippen molar-refractivity contribution in [3.05, 3.63) is 0 Å². The van der Waals surface area contributed by atoms with Gasteiger partial charge in [-0.05, 0) is 12.8 Å². The molecule has 0 radical (unpaired) electrons. The molecule has 0 heterocycles. The molecule has 0 aliphatic heterocycles. The molecular formula is C8H16N2O4. The van der Waals surface area contributed by atoms with Gasteiger partial charge in [-0.3, -0.25) is 9.59 Å². The van der Waals surface area contributed by atoms with Gasteiger partial charge in [0.25, 0.3) is 0 Å². The lowest BCUT2D eigenvalue weighted by Gasteiger charge is -1.99. The van der Waals surface area contributed by atoms with E-state index in [1.807, 2.05) is 0 Å². The number of hydrogen-bond donors (Lipinski definition) is 2. The summed E-state index contributed by atoms with van der Waals surface area (Å²) >= 11 is 0. The fourth-order valence-electron chi connectivity index (χ4n) is 1.01. The van der Waals surface area contributed by atoms with Crippen LogP contribution >= 0.6 is 0 Å². The van der Waals surface area contributed by atoms with E-state index in [9.17, 15) is 9.59 Å². The van der Waals surface area contributed by atoms with E-state index in [2.05, 4.69) is 21.5 Å². The number of nitrogens with two attached hydrogens (primary N) is 2. The molecular weight excluding hydrogens is 188 g/mol. The third kappa shape index (κ3) is 7.51. The zero-order valence-electron chi connectivity index (χ0n) is 8.03. The molecule has 0 unspecified atom stereocenters. The smallest absolute Gasteiger partial charge is 0.324 e. The Hall–Kier alpha value is -1.14. The molecule has 0 aromatic rings. The van der Waals surface area contributed by atoms with Crippen LogP contribution in [0.25, 0.3) is 0 Å².